The van der Waals surface area contributed by atoms with Gasteiger partial charge in [-0.25, -0.2) is 4.39 Å². The highest BCUT2D eigenvalue weighted by Gasteiger charge is 2.09. The van der Waals surface area contributed by atoms with E-state index in [-0.39, 0.29) is 6.61 Å². The number of carbonyl (C=O) groups is 2. The molecule has 0 aromatic heterocycles. The third kappa shape index (κ3) is 4.81. The molecule has 23 heavy (non-hydrogen) atoms. The minimum atomic E-state index is -0.438. The lowest BCUT2D eigenvalue weighted by atomic mass is 10.2. The highest BCUT2D eigenvalue weighted by atomic mass is 19.1. The lowest BCUT2D eigenvalue weighted by Crippen LogP contribution is -2.20. The van der Waals surface area contributed by atoms with Crippen molar-refractivity contribution in [1.29, 1.82) is 0 Å². The lowest BCUT2D eigenvalue weighted by Gasteiger charge is -2.12. The van der Waals surface area contributed by atoms with Crippen molar-refractivity contribution in [1.82, 2.24) is 0 Å². The number of anilines is 1. The van der Waals surface area contributed by atoms with Gasteiger partial charge in [0, 0.05) is 11.3 Å². The Kier molecular flexibility index (Phi) is 5.68. The molecule has 6 heteroatoms. The molecule has 0 aliphatic heterocycles. The van der Waals surface area contributed by atoms with Crippen LogP contribution in [0.15, 0.2) is 42.5 Å². The molecule has 0 unspecified atom stereocenters. The highest BCUT2D eigenvalue weighted by molar-refractivity contribution is 5.91. The number of aldehydes is 1. The predicted octanol–water partition coefficient (Wildman–Crippen LogP) is 3.05. The van der Waals surface area contributed by atoms with E-state index in [2.05, 4.69) is 5.32 Å². The Morgan fingerprint density at radius 3 is 2.70 bits per heavy atom. The predicted molar refractivity (Wildman–Crippen MR) is 83.5 cm³/mol. The molecule has 2 aromatic rings. The van der Waals surface area contributed by atoms with Gasteiger partial charge in [-0.15, -0.1) is 0 Å². The van der Waals surface area contributed by atoms with Crippen LogP contribution in [0.25, 0.3) is 0 Å². The van der Waals surface area contributed by atoms with Crippen LogP contribution in [-0.2, 0) is 4.79 Å². The Morgan fingerprint density at radius 2 is 2.00 bits per heavy atom. The Bertz CT molecular complexity index is 703. The van der Waals surface area contributed by atoms with Crippen molar-refractivity contribution >= 4 is 17.9 Å². The number of ether oxygens (including phenoxy) is 2. The van der Waals surface area contributed by atoms with E-state index in [1.165, 1.54) is 24.3 Å². The van der Waals surface area contributed by atoms with Crippen LogP contribution < -0.4 is 14.8 Å². The Morgan fingerprint density at radius 1 is 1.17 bits per heavy atom. The quantitative estimate of drug-likeness (QED) is 0.797. The summed E-state index contributed by atoms with van der Waals surface area (Å²) < 4.78 is 23.8. The summed E-state index contributed by atoms with van der Waals surface area (Å²) in [6.45, 7) is 1.93. The van der Waals surface area contributed by atoms with E-state index in [4.69, 9.17) is 9.47 Å². The van der Waals surface area contributed by atoms with Gasteiger partial charge in [0.1, 0.15) is 12.1 Å². The van der Waals surface area contributed by atoms with Crippen molar-refractivity contribution in [2.45, 2.75) is 6.92 Å². The standard InChI is InChI=1S/C17H16FNO4/c1-2-22-16-8-12(10-20)6-7-15(16)23-11-17(21)19-14-5-3-4-13(18)9-14/h3-10H,2,11H2,1H3,(H,19,21). The van der Waals surface area contributed by atoms with Crippen molar-refractivity contribution in [3.8, 4) is 11.5 Å². The van der Waals surface area contributed by atoms with E-state index in [1.54, 1.807) is 25.1 Å². The maximum absolute atomic E-state index is 13.0. The van der Waals surface area contributed by atoms with Gasteiger partial charge in [-0.2, -0.15) is 0 Å². The van der Waals surface area contributed by atoms with E-state index < -0.39 is 11.7 Å². The highest BCUT2D eigenvalue weighted by Crippen LogP contribution is 2.28. The molecule has 0 saturated carbocycles. The second-order valence-corrected chi connectivity index (χ2v) is 4.60. The zero-order chi connectivity index (χ0) is 16.7. The molecule has 0 aliphatic rings. The van der Waals surface area contributed by atoms with Gasteiger partial charge in [0.2, 0.25) is 0 Å². The van der Waals surface area contributed by atoms with Crippen molar-refractivity contribution in [2.75, 3.05) is 18.5 Å². The summed E-state index contributed by atoms with van der Waals surface area (Å²) in [5, 5.41) is 2.53. The minimum absolute atomic E-state index is 0.267. The van der Waals surface area contributed by atoms with E-state index in [0.29, 0.717) is 35.6 Å². The van der Waals surface area contributed by atoms with E-state index in [9.17, 15) is 14.0 Å². The second kappa shape index (κ2) is 7.93. The van der Waals surface area contributed by atoms with Crippen LogP contribution in [0, 0.1) is 5.82 Å². The SMILES string of the molecule is CCOc1cc(C=O)ccc1OCC(=O)Nc1cccc(F)c1. The van der Waals surface area contributed by atoms with Gasteiger partial charge in [0.15, 0.2) is 18.1 Å². The molecule has 0 aliphatic carbocycles. The Labute approximate surface area is 133 Å². The van der Waals surface area contributed by atoms with Crippen molar-refractivity contribution in [2.24, 2.45) is 0 Å². The number of halogens is 1. The molecule has 0 fully saturated rings. The number of amides is 1. The van der Waals surface area contributed by atoms with Crippen LogP contribution >= 0.6 is 0 Å². The Balaban J connectivity index is 1.99. The van der Waals surface area contributed by atoms with E-state index >= 15 is 0 Å². The molecule has 5 nitrogen and oxygen atoms in total. The van der Waals surface area contributed by atoms with Crippen LogP contribution in [0.1, 0.15) is 17.3 Å². The summed E-state index contributed by atoms with van der Waals surface area (Å²) in [6, 6.07) is 10.2. The fraction of sp³-hybridized carbons (Fsp3) is 0.176. The molecule has 2 rings (SSSR count). The summed E-state index contributed by atoms with van der Waals surface area (Å²) in [6.07, 6.45) is 0.697. The van der Waals surface area contributed by atoms with E-state index in [1.807, 2.05) is 0 Å². The average molecular weight is 317 g/mol. The molecular formula is C17H16FNO4. The van der Waals surface area contributed by atoms with Crippen LogP contribution in [-0.4, -0.2) is 25.4 Å². The van der Waals surface area contributed by atoms with Crippen LogP contribution in [0.3, 0.4) is 0 Å². The molecule has 2 aromatic carbocycles. The van der Waals surface area contributed by atoms with Crippen molar-refractivity contribution in [3.05, 3.63) is 53.8 Å². The normalized spacial score (nSPS) is 10.0. The van der Waals surface area contributed by atoms with Crippen LogP contribution in [0.4, 0.5) is 10.1 Å². The third-order valence-electron chi connectivity index (χ3n) is 2.87. The topological polar surface area (TPSA) is 64.6 Å². The fourth-order valence-corrected chi connectivity index (χ4v) is 1.89. The van der Waals surface area contributed by atoms with E-state index in [0.717, 1.165) is 0 Å². The molecule has 1 N–H and O–H groups in total. The molecular weight excluding hydrogens is 301 g/mol. The second-order valence-electron chi connectivity index (χ2n) is 4.60. The maximum atomic E-state index is 13.0. The van der Waals surface area contributed by atoms with Gasteiger partial charge in [-0.05, 0) is 43.3 Å². The maximum Gasteiger partial charge on any atom is 0.262 e. The van der Waals surface area contributed by atoms with Gasteiger partial charge >= 0.3 is 0 Å². The molecule has 0 radical (unpaired) electrons. The molecule has 0 spiro atoms. The summed E-state index contributed by atoms with van der Waals surface area (Å²) in [7, 11) is 0. The summed E-state index contributed by atoms with van der Waals surface area (Å²) in [4.78, 5) is 22.6. The summed E-state index contributed by atoms with van der Waals surface area (Å²) in [5.74, 6) is -0.133. The number of nitrogens with one attached hydrogen (secondary N) is 1. The molecule has 0 saturated heterocycles. The number of benzene rings is 2. The molecule has 0 heterocycles. The van der Waals surface area contributed by atoms with Crippen molar-refractivity contribution < 1.29 is 23.5 Å². The fourth-order valence-electron chi connectivity index (χ4n) is 1.89. The summed E-state index contributed by atoms with van der Waals surface area (Å²) in [5.41, 5.74) is 0.796. The first-order chi connectivity index (χ1) is 11.1. The van der Waals surface area contributed by atoms with Crippen LogP contribution in [0.2, 0.25) is 0 Å². The van der Waals surface area contributed by atoms with Gasteiger partial charge in [0.05, 0.1) is 6.61 Å². The first kappa shape index (κ1) is 16.5. The smallest absolute Gasteiger partial charge is 0.262 e. The van der Waals surface area contributed by atoms with Gasteiger partial charge in [0.25, 0.3) is 5.91 Å². The molecule has 0 atom stereocenters. The number of rotatable bonds is 7. The molecule has 1 amide bonds. The average Bonchev–Trinajstić information content (AvgIpc) is 2.54. The zero-order valence-electron chi connectivity index (χ0n) is 12.5. The largest absolute Gasteiger partial charge is 0.490 e. The molecule has 120 valence electrons. The zero-order valence-corrected chi connectivity index (χ0v) is 12.5. The minimum Gasteiger partial charge on any atom is -0.490 e. The first-order valence-electron chi connectivity index (χ1n) is 7.02. The summed E-state index contributed by atoms with van der Waals surface area (Å²) >= 11 is 0. The number of hydrogen-bond acceptors (Lipinski definition) is 4. The first-order valence-corrected chi connectivity index (χ1v) is 7.02. The Hall–Kier alpha value is -2.89. The van der Waals surface area contributed by atoms with Gasteiger partial charge in [-0.1, -0.05) is 6.07 Å². The third-order valence-corrected chi connectivity index (χ3v) is 2.87. The van der Waals surface area contributed by atoms with Gasteiger partial charge in [-0.3, -0.25) is 9.59 Å². The lowest BCUT2D eigenvalue weighted by molar-refractivity contribution is -0.118. The number of hydrogen-bond donors (Lipinski definition) is 1. The number of carbonyl (C=O) groups excluding carboxylic acids is 2. The van der Waals surface area contributed by atoms with Crippen molar-refractivity contribution in [3.63, 3.8) is 0 Å². The monoisotopic (exact) mass is 317 g/mol. The molecule has 0 bridgehead atoms. The van der Waals surface area contributed by atoms with Gasteiger partial charge < -0.3 is 14.8 Å². The van der Waals surface area contributed by atoms with Crippen LogP contribution in [0.5, 0.6) is 11.5 Å².